The second kappa shape index (κ2) is 4.77. The maximum absolute atomic E-state index is 7.60. The Balaban J connectivity index is 2.98. The van der Waals surface area contributed by atoms with Gasteiger partial charge in [-0.2, -0.15) is 0 Å². The van der Waals surface area contributed by atoms with E-state index in [4.69, 9.17) is 5.41 Å². The molecule has 0 fully saturated rings. The van der Waals surface area contributed by atoms with E-state index in [9.17, 15) is 0 Å². The van der Waals surface area contributed by atoms with Crippen molar-refractivity contribution >= 4 is 11.5 Å². The normalized spacial score (nSPS) is 11.6. The van der Waals surface area contributed by atoms with Gasteiger partial charge in [-0.15, -0.1) is 0 Å². The predicted molar refractivity (Wildman–Crippen MR) is 63.4 cm³/mol. The highest BCUT2D eigenvalue weighted by molar-refractivity contribution is 5.99. The van der Waals surface area contributed by atoms with Crippen LogP contribution in [-0.4, -0.2) is 15.3 Å². The molecule has 1 heterocycles. The number of aromatic nitrogens is 2. The topological polar surface area (TPSA) is 53.7 Å². The summed E-state index contributed by atoms with van der Waals surface area (Å²) in [5.41, 5.74) is 2.27. The first-order chi connectivity index (χ1) is 7.06. The van der Waals surface area contributed by atoms with Crippen LogP contribution < -0.4 is 5.32 Å². The molecule has 82 valence electrons. The number of hydrogen-bond acceptors (Lipinski definition) is 3. The Labute approximate surface area is 90.5 Å². The minimum absolute atomic E-state index is 0.474. The zero-order valence-electron chi connectivity index (χ0n) is 9.76. The lowest BCUT2D eigenvalue weighted by atomic mass is 10.3. The summed E-state index contributed by atoms with van der Waals surface area (Å²) in [5, 5.41) is 10.9. The maximum atomic E-state index is 7.60. The summed E-state index contributed by atoms with van der Waals surface area (Å²) in [6.07, 6.45) is 4.82. The number of aryl methyl sites for hydroxylation is 1. The van der Waals surface area contributed by atoms with Gasteiger partial charge in [-0.1, -0.05) is 13.0 Å². The van der Waals surface area contributed by atoms with Gasteiger partial charge in [0.2, 0.25) is 0 Å². The number of allylic oxidation sites excluding steroid dienone is 2. The molecule has 0 aliphatic rings. The number of nitrogens with one attached hydrogen (secondary N) is 2. The van der Waals surface area contributed by atoms with Crippen LogP contribution in [0.4, 0.5) is 5.82 Å². The van der Waals surface area contributed by atoms with Crippen LogP contribution in [0, 0.1) is 5.41 Å². The molecule has 0 radical (unpaired) electrons. The first kappa shape index (κ1) is 11.5. The molecule has 0 aliphatic carbocycles. The molecule has 0 amide bonds. The van der Waals surface area contributed by atoms with E-state index < -0.39 is 0 Å². The van der Waals surface area contributed by atoms with E-state index in [1.807, 2.05) is 18.5 Å². The minimum atomic E-state index is 0.474. The molecule has 4 nitrogen and oxygen atoms in total. The molecule has 0 bridgehead atoms. The van der Waals surface area contributed by atoms with Crippen molar-refractivity contribution in [1.82, 2.24) is 9.55 Å². The quantitative estimate of drug-likeness (QED) is 0.744. The van der Waals surface area contributed by atoms with Crippen molar-refractivity contribution in [3.05, 3.63) is 23.8 Å². The molecule has 1 rings (SSSR count). The second-order valence-electron chi connectivity index (χ2n) is 3.60. The Hall–Kier alpha value is -1.58. The van der Waals surface area contributed by atoms with Crippen molar-refractivity contribution in [2.45, 2.75) is 27.2 Å². The van der Waals surface area contributed by atoms with Crippen LogP contribution in [0.3, 0.4) is 0 Å². The van der Waals surface area contributed by atoms with Gasteiger partial charge in [-0.3, -0.25) is 0 Å². The number of rotatable bonds is 4. The molecule has 0 atom stereocenters. The third-order valence-corrected chi connectivity index (χ3v) is 2.12. The minimum Gasteiger partial charge on any atom is -0.344 e. The summed E-state index contributed by atoms with van der Waals surface area (Å²) in [6, 6.07) is 0. The molecule has 2 N–H and O–H groups in total. The first-order valence-corrected chi connectivity index (χ1v) is 5.06. The van der Waals surface area contributed by atoms with Crippen molar-refractivity contribution in [3.8, 4) is 0 Å². The average molecular weight is 206 g/mol. The Morgan fingerprint density at radius 3 is 2.80 bits per heavy atom. The summed E-state index contributed by atoms with van der Waals surface area (Å²) in [7, 11) is 1.92. The van der Waals surface area contributed by atoms with E-state index >= 15 is 0 Å². The fourth-order valence-electron chi connectivity index (χ4n) is 1.40. The summed E-state index contributed by atoms with van der Waals surface area (Å²) in [5.74, 6) is 0.879. The highest BCUT2D eigenvalue weighted by Gasteiger charge is 2.10. The van der Waals surface area contributed by atoms with Crippen molar-refractivity contribution in [1.29, 1.82) is 5.41 Å². The molecular formula is C11H18N4. The highest BCUT2D eigenvalue weighted by atomic mass is 15.2. The Kier molecular flexibility index (Phi) is 3.66. The molecular weight excluding hydrogens is 188 g/mol. The zero-order chi connectivity index (χ0) is 11.4. The Bertz CT molecular complexity index is 387. The van der Waals surface area contributed by atoms with E-state index in [0.717, 1.165) is 17.9 Å². The van der Waals surface area contributed by atoms with Gasteiger partial charge in [-0.25, -0.2) is 4.98 Å². The maximum Gasteiger partial charge on any atom is 0.139 e. The van der Waals surface area contributed by atoms with Gasteiger partial charge in [0.15, 0.2) is 0 Å². The van der Waals surface area contributed by atoms with Gasteiger partial charge in [0.05, 0.1) is 12.0 Å². The molecule has 0 saturated carbocycles. The van der Waals surface area contributed by atoms with Crippen molar-refractivity contribution in [3.63, 3.8) is 0 Å². The average Bonchev–Trinajstić information content (AvgIpc) is 2.48. The summed E-state index contributed by atoms with van der Waals surface area (Å²) in [6.45, 7) is 5.85. The van der Waals surface area contributed by atoms with Crippen LogP contribution in [0.2, 0.25) is 0 Å². The van der Waals surface area contributed by atoms with Crippen LogP contribution in [0.25, 0.3) is 0 Å². The Morgan fingerprint density at radius 1 is 1.60 bits per heavy atom. The fraction of sp³-hybridized carbons (Fsp3) is 0.455. The van der Waals surface area contributed by atoms with Crippen LogP contribution in [0.15, 0.2) is 18.1 Å². The number of nitrogens with zero attached hydrogens (tertiary/aromatic N) is 2. The van der Waals surface area contributed by atoms with Crippen LogP contribution in [0.5, 0.6) is 0 Å². The lowest BCUT2D eigenvalue weighted by molar-refractivity contribution is 0.916. The largest absolute Gasteiger partial charge is 0.344 e. The van der Waals surface area contributed by atoms with Gasteiger partial charge in [0.25, 0.3) is 0 Å². The summed E-state index contributed by atoms with van der Waals surface area (Å²) < 4.78 is 1.89. The molecule has 0 spiro atoms. The van der Waals surface area contributed by atoms with Crippen molar-refractivity contribution < 1.29 is 0 Å². The predicted octanol–water partition coefficient (Wildman–Crippen LogP) is 2.53. The standard InChI is InChI=1S/C11H18N4/c1-5-6-8(2)14-11-10(9(3)12)13-7-15(11)4/h6-7,12,14H,5H2,1-4H3/b8-6+,12-9?. The number of imidazole rings is 1. The molecule has 0 saturated heterocycles. The van der Waals surface area contributed by atoms with E-state index in [1.54, 1.807) is 13.3 Å². The van der Waals surface area contributed by atoms with E-state index in [2.05, 4.69) is 23.3 Å². The summed E-state index contributed by atoms with van der Waals surface area (Å²) in [4.78, 5) is 4.18. The SMILES string of the molecule is CC/C=C(\C)Nc1c(C(C)=N)ncn1C. The molecule has 1 aromatic heterocycles. The second-order valence-corrected chi connectivity index (χ2v) is 3.60. The van der Waals surface area contributed by atoms with E-state index in [0.29, 0.717) is 11.4 Å². The molecule has 0 aromatic carbocycles. The van der Waals surface area contributed by atoms with Gasteiger partial charge >= 0.3 is 0 Å². The zero-order valence-corrected chi connectivity index (χ0v) is 9.76. The van der Waals surface area contributed by atoms with E-state index in [1.165, 1.54) is 0 Å². The van der Waals surface area contributed by atoms with Gasteiger partial charge in [-0.05, 0) is 20.3 Å². The van der Waals surface area contributed by atoms with Crippen LogP contribution in [-0.2, 0) is 7.05 Å². The smallest absolute Gasteiger partial charge is 0.139 e. The van der Waals surface area contributed by atoms with Crippen LogP contribution >= 0.6 is 0 Å². The summed E-state index contributed by atoms with van der Waals surface area (Å²) >= 11 is 0. The van der Waals surface area contributed by atoms with Gasteiger partial charge in [0, 0.05) is 12.7 Å². The molecule has 15 heavy (non-hydrogen) atoms. The molecule has 0 aliphatic heterocycles. The lowest BCUT2D eigenvalue weighted by Crippen LogP contribution is -2.05. The third kappa shape index (κ3) is 2.68. The number of anilines is 1. The Morgan fingerprint density at radius 2 is 2.27 bits per heavy atom. The van der Waals surface area contributed by atoms with Crippen molar-refractivity contribution in [2.75, 3.05) is 5.32 Å². The van der Waals surface area contributed by atoms with Crippen molar-refractivity contribution in [2.24, 2.45) is 7.05 Å². The van der Waals surface area contributed by atoms with Gasteiger partial charge in [0.1, 0.15) is 11.5 Å². The monoisotopic (exact) mass is 206 g/mol. The van der Waals surface area contributed by atoms with Crippen LogP contribution in [0.1, 0.15) is 32.9 Å². The van der Waals surface area contributed by atoms with Gasteiger partial charge < -0.3 is 15.3 Å². The lowest BCUT2D eigenvalue weighted by Gasteiger charge is -2.09. The van der Waals surface area contributed by atoms with E-state index in [-0.39, 0.29) is 0 Å². The molecule has 0 unspecified atom stereocenters. The third-order valence-electron chi connectivity index (χ3n) is 2.12. The highest BCUT2D eigenvalue weighted by Crippen LogP contribution is 2.15. The molecule has 1 aromatic rings. The molecule has 4 heteroatoms. The fourth-order valence-corrected chi connectivity index (χ4v) is 1.40. The first-order valence-electron chi connectivity index (χ1n) is 5.06. The number of hydrogen-bond donors (Lipinski definition) is 2.